The number of nitrogens with zero attached hydrogens (tertiary/aromatic N) is 2. The molecule has 0 aliphatic carbocycles. The maximum atomic E-state index is 10.7. The first-order chi connectivity index (χ1) is 6.81. The second-order valence-electron chi connectivity index (χ2n) is 2.85. The fourth-order valence-corrected chi connectivity index (χ4v) is 1.20. The van der Waals surface area contributed by atoms with Crippen LogP contribution in [0.4, 0.5) is 0 Å². The molecule has 0 saturated carbocycles. The van der Waals surface area contributed by atoms with Gasteiger partial charge < -0.3 is 4.52 Å². The van der Waals surface area contributed by atoms with Crippen LogP contribution in [-0.2, 0) is 0 Å². The topological polar surface area (TPSA) is 56.0 Å². The number of hydrogen-bond donors (Lipinski definition) is 0. The van der Waals surface area contributed by atoms with Gasteiger partial charge in [0.2, 0.25) is 0 Å². The third-order valence-electron chi connectivity index (χ3n) is 1.85. The highest BCUT2D eigenvalue weighted by molar-refractivity contribution is 5.85. The zero-order chi connectivity index (χ0) is 9.97. The molecule has 1 aromatic heterocycles. The first-order valence-corrected chi connectivity index (χ1v) is 4.16. The maximum absolute atomic E-state index is 10.7. The second kappa shape index (κ2) is 3.41. The molecule has 0 fully saturated rings. The molecule has 0 unspecified atom stereocenters. The Kier molecular flexibility index (Phi) is 2.10. The molecule has 0 saturated heterocycles. The standard InChI is InChI=1S/C10H8N2O2/c1-7-11-10(14-12-7)9-5-3-2-4-8(9)6-13/h2-6H,1H3. The van der Waals surface area contributed by atoms with Gasteiger partial charge in [0, 0.05) is 5.56 Å². The first-order valence-electron chi connectivity index (χ1n) is 4.16. The predicted molar refractivity (Wildman–Crippen MR) is 49.9 cm³/mol. The van der Waals surface area contributed by atoms with Crippen molar-refractivity contribution in [3.63, 3.8) is 0 Å². The van der Waals surface area contributed by atoms with Gasteiger partial charge in [0.15, 0.2) is 12.1 Å². The number of aryl methyl sites for hydroxylation is 1. The van der Waals surface area contributed by atoms with E-state index in [2.05, 4.69) is 10.1 Å². The van der Waals surface area contributed by atoms with Crippen molar-refractivity contribution in [1.29, 1.82) is 0 Å². The van der Waals surface area contributed by atoms with E-state index in [9.17, 15) is 4.79 Å². The Morgan fingerprint density at radius 2 is 2.14 bits per heavy atom. The zero-order valence-electron chi connectivity index (χ0n) is 7.60. The Labute approximate surface area is 80.6 Å². The quantitative estimate of drug-likeness (QED) is 0.675. The van der Waals surface area contributed by atoms with Crippen molar-refractivity contribution in [3.05, 3.63) is 35.7 Å². The van der Waals surface area contributed by atoms with E-state index in [-0.39, 0.29) is 0 Å². The molecule has 4 nitrogen and oxygen atoms in total. The van der Waals surface area contributed by atoms with Crippen molar-refractivity contribution in [2.24, 2.45) is 0 Å². The lowest BCUT2D eigenvalue weighted by Gasteiger charge is -1.96. The summed E-state index contributed by atoms with van der Waals surface area (Å²) in [5.74, 6) is 0.936. The number of rotatable bonds is 2. The van der Waals surface area contributed by atoms with Gasteiger partial charge in [-0.1, -0.05) is 23.4 Å². The summed E-state index contributed by atoms with van der Waals surface area (Å²) in [7, 11) is 0. The molecule has 0 atom stereocenters. The van der Waals surface area contributed by atoms with E-state index in [1.54, 1.807) is 25.1 Å². The van der Waals surface area contributed by atoms with Crippen molar-refractivity contribution < 1.29 is 9.32 Å². The highest BCUT2D eigenvalue weighted by atomic mass is 16.5. The molecule has 0 bridgehead atoms. The summed E-state index contributed by atoms with van der Waals surface area (Å²) in [6, 6.07) is 7.09. The molecule has 0 radical (unpaired) electrons. The van der Waals surface area contributed by atoms with E-state index in [4.69, 9.17) is 4.52 Å². The maximum Gasteiger partial charge on any atom is 0.258 e. The second-order valence-corrected chi connectivity index (χ2v) is 2.85. The molecular weight excluding hydrogens is 180 g/mol. The van der Waals surface area contributed by atoms with Crippen molar-refractivity contribution in [3.8, 4) is 11.5 Å². The monoisotopic (exact) mass is 188 g/mol. The Morgan fingerprint density at radius 1 is 1.36 bits per heavy atom. The third kappa shape index (κ3) is 1.42. The number of carbonyl (C=O) groups is 1. The SMILES string of the molecule is Cc1noc(-c2ccccc2C=O)n1. The molecule has 0 N–H and O–H groups in total. The lowest BCUT2D eigenvalue weighted by atomic mass is 10.1. The molecule has 4 heteroatoms. The van der Waals surface area contributed by atoms with Gasteiger partial charge in [0.25, 0.3) is 5.89 Å². The van der Waals surface area contributed by atoms with E-state index >= 15 is 0 Å². The van der Waals surface area contributed by atoms with Gasteiger partial charge in [-0.2, -0.15) is 4.98 Å². The highest BCUT2D eigenvalue weighted by Gasteiger charge is 2.09. The molecule has 14 heavy (non-hydrogen) atoms. The molecule has 0 aliphatic heterocycles. The highest BCUT2D eigenvalue weighted by Crippen LogP contribution is 2.19. The normalized spacial score (nSPS) is 10.1. The Morgan fingerprint density at radius 3 is 2.79 bits per heavy atom. The van der Waals surface area contributed by atoms with Crippen LogP contribution >= 0.6 is 0 Å². The van der Waals surface area contributed by atoms with Crippen LogP contribution in [0.5, 0.6) is 0 Å². The molecule has 0 spiro atoms. The molecule has 0 amide bonds. The number of aromatic nitrogens is 2. The average molecular weight is 188 g/mol. The minimum Gasteiger partial charge on any atom is -0.334 e. The minimum absolute atomic E-state index is 0.380. The molecule has 2 rings (SSSR count). The van der Waals surface area contributed by atoms with E-state index in [1.807, 2.05) is 6.07 Å². The summed E-state index contributed by atoms with van der Waals surface area (Å²) in [5.41, 5.74) is 1.22. The number of aldehydes is 1. The van der Waals surface area contributed by atoms with Gasteiger partial charge in [0.1, 0.15) is 0 Å². The summed E-state index contributed by atoms with van der Waals surface area (Å²) in [4.78, 5) is 14.8. The lowest BCUT2D eigenvalue weighted by Crippen LogP contribution is -1.86. The molecule has 70 valence electrons. The van der Waals surface area contributed by atoms with Gasteiger partial charge >= 0.3 is 0 Å². The van der Waals surface area contributed by atoms with E-state index < -0.39 is 0 Å². The van der Waals surface area contributed by atoms with Crippen molar-refractivity contribution in [1.82, 2.24) is 10.1 Å². The summed E-state index contributed by atoms with van der Waals surface area (Å²) < 4.78 is 4.97. The van der Waals surface area contributed by atoms with Gasteiger partial charge in [-0.25, -0.2) is 0 Å². The largest absolute Gasteiger partial charge is 0.334 e. The molecular formula is C10H8N2O2. The van der Waals surface area contributed by atoms with Gasteiger partial charge in [-0.05, 0) is 13.0 Å². The van der Waals surface area contributed by atoms with Crippen molar-refractivity contribution in [2.75, 3.05) is 0 Å². The smallest absolute Gasteiger partial charge is 0.258 e. The number of carbonyl (C=O) groups excluding carboxylic acids is 1. The van der Waals surface area contributed by atoms with Crippen LogP contribution < -0.4 is 0 Å². The summed E-state index contributed by atoms with van der Waals surface area (Å²) >= 11 is 0. The van der Waals surface area contributed by atoms with E-state index in [1.165, 1.54) is 0 Å². The zero-order valence-corrected chi connectivity index (χ0v) is 7.60. The Balaban J connectivity index is 2.55. The van der Waals surface area contributed by atoms with Crippen LogP contribution in [-0.4, -0.2) is 16.4 Å². The summed E-state index contributed by atoms with van der Waals surface area (Å²) in [6.07, 6.45) is 0.773. The van der Waals surface area contributed by atoms with Crippen LogP contribution in [0, 0.1) is 6.92 Å². The lowest BCUT2D eigenvalue weighted by molar-refractivity contribution is 0.112. The van der Waals surface area contributed by atoms with Crippen LogP contribution in [0.25, 0.3) is 11.5 Å². The molecule has 0 aliphatic rings. The predicted octanol–water partition coefficient (Wildman–Crippen LogP) is 1.86. The van der Waals surface area contributed by atoms with Gasteiger partial charge in [-0.15, -0.1) is 0 Å². The third-order valence-corrected chi connectivity index (χ3v) is 1.85. The van der Waals surface area contributed by atoms with E-state index in [0.29, 0.717) is 22.8 Å². The number of hydrogen-bond acceptors (Lipinski definition) is 4. The van der Waals surface area contributed by atoms with Crippen LogP contribution in [0.15, 0.2) is 28.8 Å². The average Bonchev–Trinajstić information content (AvgIpc) is 2.65. The first kappa shape index (κ1) is 8.62. The fourth-order valence-electron chi connectivity index (χ4n) is 1.20. The molecule has 2 aromatic rings. The fraction of sp³-hybridized carbons (Fsp3) is 0.100. The molecule has 1 aromatic carbocycles. The molecule has 1 heterocycles. The summed E-state index contributed by atoms with van der Waals surface area (Å²) in [5, 5.41) is 3.67. The Bertz CT molecular complexity index is 463. The van der Waals surface area contributed by atoms with Gasteiger partial charge in [0.05, 0.1) is 5.56 Å². The van der Waals surface area contributed by atoms with Gasteiger partial charge in [-0.3, -0.25) is 4.79 Å². The summed E-state index contributed by atoms with van der Waals surface area (Å²) in [6.45, 7) is 1.73. The van der Waals surface area contributed by atoms with Crippen molar-refractivity contribution >= 4 is 6.29 Å². The van der Waals surface area contributed by atoms with Crippen LogP contribution in [0.1, 0.15) is 16.2 Å². The Hall–Kier alpha value is -1.97. The van der Waals surface area contributed by atoms with Crippen molar-refractivity contribution in [2.45, 2.75) is 6.92 Å². The van der Waals surface area contributed by atoms with Crippen LogP contribution in [0.2, 0.25) is 0 Å². The van der Waals surface area contributed by atoms with Crippen LogP contribution in [0.3, 0.4) is 0 Å². The number of benzene rings is 1. The van der Waals surface area contributed by atoms with E-state index in [0.717, 1.165) is 6.29 Å². The minimum atomic E-state index is 0.380.